The third kappa shape index (κ3) is 6.90. The molecule has 0 aliphatic heterocycles. The third-order valence-electron chi connectivity index (χ3n) is 3.78. The molecule has 2 N–H and O–H groups in total. The van der Waals surface area contributed by atoms with Crippen LogP contribution in [-0.2, 0) is 19.1 Å². The number of rotatable bonds is 8. The van der Waals surface area contributed by atoms with Crippen molar-refractivity contribution in [3.63, 3.8) is 0 Å². The van der Waals surface area contributed by atoms with Crippen LogP contribution in [0.2, 0.25) is 0 Å². The van der Waals surface area contributed by atoms with Gasteiger partial charge in [-0.2, -0.15) is 13.2 Å². The Kier molecular flexibility index (Phi) is 8.57. The predicted octanol–water partition coefficient (Wildman–Crippen LogP) is 2.46. The molecule has 11 heteroatoms. The number of allylic oxidation sites excluding steroid dienone is 1. The van der Waals surface area contributed by atoms with Gasteiger partial charge in [0.05, 0.1) is 25.3 Å². The molecule has 0 aliphatic rings. The molecule has 0 bridgehead atoms. The van der Waals surface area contributed by atoms with Crippen LogP contribution in [0.15, 0.2) is 30.5 Å². The first-order valence-electron chi connectivity index (χ1n) is 8.57. The van der Waals surface area contributed by atoms with Crippen molar-refractivity contribution in [2.75, 3.05) is 19.5 Å². The van der Waals surface area contributed by atoms with Gasteiger partial charge in [-0.25, -0.2) is 9.59 Å². The average molecular weight is 430 g/mol. The van der Waals surface area contributed by atoms with Gasteiger partial charge in [-0.15, -0.1) is 0 Å². The summed E-state index contributed by atoms with van der Waals surface area (Å²) in [5.41, 5.74) is 0.00643. The van der Waals surface area contributed by atoms with E-state index in [4.69, 9.17) is 0 Å². The number of alkyl halides is 3. The second kappa shape index (κ2) is 10.4. The van der Waals surface area contributed by atoms with E-state index in [-0.39, 0.29) is 28.8 Å². The van der Waals surface area contributed by atoms with E-state index in [1.807, 2.05) is 0 Å². The lowest BCUT2D eigenvalue weighted by molar-refractivity contribution is -0.165. The molecular weight excluding hydrogens is 409 g/mol. The zero-order valence-electron chi connectivity index (χ0n) is 16.6. The summed E-state index contributed by atoms with van der Waals surface area (Å²) < 4.78 is 46.0. The summed E-state index contributed by atoms with van der Waals surface area (Å²) in [6.45, 7) is 3.25. The van der Waals surface area contributed by atoms with E-state index < -0.39 is 35.8 Å². The molecule has 0 fully saturated rings. The Morgan fingerprint density at radius 2 is 1.47 bits per heavy atom. The molecule has 1 aromatic rings. The molecule has 8 nitrogen and oxygen atoms in total. The molecule has 164 valence electrons. The van der Waals surface area contributed by atoms with Crippen LogP contribution < -0.4 is 10.6 Å². The molecule has 1 amide bonds. The maximum absolute atomic E-state index is 12.6. The molecule has 0 saturated carbocycles. The van der Waals surface area contributed by atoms with Gasteiger partial charge in [-0.3, -0.25) is 9.59 Å². The van der Waals surface area contributed by atoms with Crippen LogP contribution in [0, 0.1) is 5.92 Å². The van der Waals surface area contributed by atoms with Crippen LogP contribution in [-0.4, -0.2) is 50.1 Å². The number of halogens is 3. The summed E-state index contributed by atoms with van der Waals surface area (Å²) in [6.07, 6.45) is -4.01. The van der Waals surface area contributed by atoms with Gasteiger partial charge in [0.15, 0.2) is 0 Å². The van der Waals surface area contributed by atoms with Crippen LogP contribution in [0.1, 0.15) is 34.6 Å². The number of nitrogens with one attached hydrogen (secondary N) is 2. The van der Waals surface area contributed by atoms with Gasteiger partial charge in [-0.1, -0.05) is 13.8 Å². The summed E-state index contributed by atoms with van der Waals surface area (Å²) >= 11 is 0. The van der Waals surface area contributed by atoms with E-state index in [9.17, 15) is 32.3 Å². The molecule has 0 aliphatic carbocycles. The number of amides is 1. The van der Waals surface area contributed by atoms with Crippen molar-refractivity contribution in [3.05, 3.63) is 41.6 Å². The lowest BCUT2D eigenvalue weighted by Gasteiger charge is -2.21. The average Bonchev–Trinajstić information content (AvgIpc) is 2.68. The molecule has 1 rings (SSSR count). The van der Waals surface area contributed by atoms with Crippen LogP contribution in [0.5, 0.6) is 0 Å². The molecule has 30 heavy (non-hydrogen) atoms. The number of benzene rings is 1. The second-order valence-electron chi connectivity index (χ2n) is 6.36. The van der Waals surface area contributed by atoms with Gasteiger partial charge >= 0.3 is 18.1 Å². The summed E-state index contributed by atoms with van der Waals surface area (Å²) in [4.78, 5) is 47.1. The highest BCUT2D eigenvalue weighted by atomic mass is 19.4. The van der Waals surface area contributed by atoms with Gasteiger partial charge in [0.25, 0.3) is 5.78 Å². The quantitative estimate of drug-likeness (QED) is 0.481. The van der Waals surface area contributed by atoms with Crippen molar-refractivity contribution in [3.8, 4) is 0 Å². The molecule has 1 unspecified atom stereocenters. The number of hydrogen-bond donors (Lipinski definition) is 2. The minimum Gasteiger partial charge on any atom is -0.465 e. The number of methoxy groups -OCH3 is 2. The van der Waals surface area contributed by atoms with Crippen molar-refractivity contribution in [1.29, 1.82) is 0 Å². The van der Waals surface area contributed by atoms with Crippen LogP contribution in [0.4, 0.5) is 18.9 Å². The summed E-state index contributed by atoms with van der Waals surface area (Å²) in [5.74, 6) is -4.66. The van der Waals surface area contributed by atoms with Crippen molar-refractivity contribution >= 4 is 29.3 Å². The van der Waals surface area contributed by atoms with E-state index in [0.29, 0.717) is 0 Å². The number of carbonyl (C=O) groups excluding carboxylic acids is 4. The molecule has 1 atom stereocenters. The fourth-order valence-electron chi connectivity index (χ4n) is 2.28. The highest BCUT2D eigenvalue weighted by Gasteiger charge is 2.36. The summed E-state index contributed by atoms with van der Waals surface area (Å²) in [7, 11) is 2.28. The van der Waals surface area contributed by atoms with Gasteiger partial charge in [0.2, 0.25) is 5.91 Å². The third-order valence-corrected chi connectivity index (χ3v) is 3.78. The predicted molar refractivity (Wildman–Crippen MR) is 99.7 cm³/mol. The molecule has 0 spiro atoms. The Bertz CT molecular complexity index is 815. The largest absolute Gasteiger partial charge is 0.465 e. The van der Waals surface area contributed by atoms with E-state index in [2.05, 4.69) is 20.1 Å². The van der Waals surface area contributed by atoms with E-state index in [0.717, 1.165) is 20.4 Å². The topological polar surface area (TPSA) is 111 Å². The van der Waals surface area contributed by atoms with Crippen LogP contribution >= 0.6 is 0 Å². The zero-order chi connectivity index (χ0) is 23.1. The number of esters is 2. The van der Waals surface area contributed by atoms with E-state index >= 15 is 0 Å². The number of carbonyl (C=O) groups is 4. The molecule has 0 radical (unpaired) electrons. The fraction of sp³-hybridized carbons (Fsp3) is 0.368. The smallest absolute Gasteiger partial charge is 0.454 e. The Hall–Kier alpha value is -3.37. The number of ketones is 1. The second-order valence-corrected chi connectivity index (χ2v) is 6.36. The van der Waals surface area contributed by atoms with E-state index in [1.165, 1.54) is 18.2 Å². The monoisotopic (exact) mass is 430 g/mol. The number of hydrogen-bond acceptors (Lipinski definition) is 7. The van der Waals surface area contributed by atoms with E-state index in [1.54, 1.807) is 13.8 Å². The molecule has 0 heterocycles. The first kappa shape index (κ1) is 24.7. The summed E-state index contributed by atoms with van der Waals surface area (Å²) in [5, 5.41) is 4.92. The van der Waals surface area contributed by atoms with Gasteiger partial charge in [-0.05, 0) is 24.1 Å². The Morgan fingerprint density at radius 1 is 0.967 bits per heavy atom. The van der Waals surface area contributed by atoms with Gasteiger partial charge in [0.1, 0.15) is 6.04 Å². The fourth-order valence-corrected chi connectivity index (χ4v) is 2.28. The van der Waals surface area contributed by atoms with Crippen LogP contribution in [0.3, 0.4) is 0 Å². The SMILES string of the molecule is COC(=O)c1cc(NC(=O)C(N/C=C/C(=O)C(F)(F)F)C(C)C)cc(C(=O)OC)c1. The molecule has 1 aromatic carbocycles. The standard InChI is InChI=1S/C19H21F3N2O6/c1-10(2)15(23-6-5-14(25)19(20,21)22)16(26)24-13-8-11(17(27)29-3)7-12(9-13)18(28)30-4/h5-10,15,23H,1-4H3,(H,24,26)/b6-5+. The maximum atomic E-state index is 12.6. The maximum Gasteiger partial charge on any atom is 0.454 e. The minimum atomic E-state index is -5.02. The Morgan fingerprint density at radius 3 is 1.87 bits per heavy atom. The lowest BCUT2D eigenvalue weighted by Crippen LogP contribution is -2.42. The summed E-state index contributed by atoms with van der Waals surface area (Å²) in [6, 6.07) is 2.72. The first-order chi connectivity index (χ1) is 13.9. The normalized spacial score (nSPS) is 12.4. The lowest BCUT2D eigenvalue weighted by atomic mass is 10.0. The highest BCUT2D eigenvalue weighted by Crippen LogP contribution is 2.19. The molecular formula is C19H21F3N2O6. The van der Waals surface area contributed by atoms with Gasteiger partial charge < -0.3 is 20.1 Å². The number of anilines is 1. The minimum absolute atomic E-state index is 0.0274. The van der Waals surface area contributed by atoms with Gasteiger partial charge in [0, 0.05) is 18.0 Å². The molecule has 0 saturated heterocycles. The van der Waals surface area contributed by atoms with Crippen molar-refractivity contribution in [2.45, 2.75) is 26.1 Å². The van der Waals surface area contributed by atoms with Crippen molar-refractivity contribution < 1.29 is 41.8 Å². The Balaban J connectivity index is 3.09. The Labute approximate surface area is 170 Å². The molecule has 0 aromatic heterocycles. The number of ether oxygens (including phenoxy) is 2. The van der Waals surface area contributed by atoms with Crippen LogP contribution in [0.25, 0.3) is 0 Å². The van der Waals surface area contributed by atoms with Crippen molar-refractivity contribution in [2.24, 2.45) is 5.92 Å². The highest BCUT2D eigenvalue weighted by molar-refractivity contribution is 6.01. The first-order valence-corrected chi connectivity index (χ1v) is 8.57. The van der Waals surface area contributed by atoms with Crippen molar-refractivity contribution in [1.82, 2.24) is 5.32 Å². The zero-order valence-corrected chi connectivity index (χ0v) is 16.6.